The molecule has 1 aliphatic rings. The molecule has 1 aromatic carbocycles. The zero-order valence-electron chi connectivity index (χ0n) is 17.2. The molecular formula is C22H24FN3O3S. The van der Waals surface area contributed by atoms with E-state index in [1.807, 2.05) is 18.7 Å². The quantitative estimate of drug-likeness (QED) is 0.533. The molecule has 4 rings (SSSR count). The molecule has 3 aromatic rings. The molecule has 2 atom stereocenters. The van der Waals surface area contributed by atoms with E-state index in [9.17, 15) is 14.0 Å². The summed E-state index contributed by atoms with van der Waals surface area (Å²) in [5.74, 6) is -0.649. The molecule has 158 valence electrons. The van der Waals surface area contributed by atoms with Crippen LogP contribution in [0.3, 0.4) is 0 Å². The lowest BCUT2D eigenvalue weighted by atomic mass is 10.2. The second-order valence-corrected chi connectivity index (χ2v) is 8.62. The number of ether oxygens (including phenoxy) is 1. The molecule has 8 heteroatoms. The fraction of sp³-hybridized carbons (Fsp3) is 0.409. The van der Waals surface area contributed by atoms with E-state index in [1.54, 1.807) is 29.5 Å². The highest BCUT2D eigenvalue weighted by molar-refractivity contribution is 7.17. The maximum Gasteiger partial charge on any atom is 0.309 e. The molecule has 0 bridgehead atoms. The van der Waals surface area contributed by atoms with Crippen LogP contribution in [0.25, 0.3) is 4.96 Å². The van der Waals surface area contributed by atoms with Gasteiger partial charge in [0.2, 0.25) is 0 Å². The lowest BCUT2D eigenvalue weighted by Crippen LogP contribution is -2.25. The Hall–Kier alpha value is -2.74. The van der Waals surface area contributed by atoms with Crippen molar-refractivity contribution < 1.29 is 13.9 Å². The van der Waals surface area contributed by atoms with Gasteiger partial charge in [-0.1, -0.05) is 0 Å². The molecule has 0 saturated heterocycles. The van der Waals surface area contributed by atoms with E-state index in [-0.39, 0.29) is 29.2 Å². The van der Waals surface area contributed by atoms with E-state index >= 15 is 0 Å². The molecule has 2 aromatic heterocycles. The van der Waals surface area contributed by atoms with Gasteiger partial charge in [-0.3, -0.25) is 14.0 Å². The second-order valence-electron chi connectivity index (χ2n) is 7.44. The molecule has 2 unspecified atom stereocenters. The number of thiazole rings is 1. The van der Waals surface area contributed by atoms with Crippen molar-refractivity contribution in [1.29, 1.82) is 0 Å². The maximum atomic E-state index is 13.2. The largest absolute Gasteiger partial charge is 0.466 e. The molecule has 0 amide bonds. The SMILES string of the molecule is CCOC(=O)C1CC1c1c(C)sc2nc(CN(CC)c3ccc(F)cc3)cc(=O)n12. The van der Waals surface area contributed by atoms with Gasteiger partial charge >= 0.3 is 5.97 Å². The Morgan fingerprint density at radius 2 is 2.07 bits per heavy atom. The predicted octanol–water partition coefficient (Wildman–Crippen LogP) is 3.90. The summed E-state index contributed by atoms with van der Waals surface area (Å²) < 4.78 is 20.0. The summed E-state index contributed by atoms with van der Waals surface area (Å²) in [4.78, 5) is 33.4. The third kappa shape index (κ3) is 3.84. The van der Waals surface area contributed by atoms with Crippen LogP contribution in [0.15, 0.2) is 35.1 Å². The van der Waals surface area contributed by atoms with E-state index in [0.717, 1.165) is 16.3 Å². The fourth-order valence-corrected chi connectivity index (χ4v) is 4.95. The molecule has 0 radical (unpaired) electrons. The number of rotatable bonds is 7. The van der Waals surface area contributed by atoms with E-state index in [1.165, 1.54) is 23.5 Å². The van der Waals surface area contributed by atoms with Crippen molar-refractivity contribution in [3.63, 3.8) is 0 Å². The van der Waals surface area contributed by atoms with Gasteiger partial charge in [0.1, 0.15) is 5.82 Å². The molecule has 1 aliphatic carbocycles. The Morgan fingerprint density at radius 3 is 2.73 bits per heavy atom. The van der Waals surface area contributed by atoms with Crippen LogP contribution in [0.5, 0.6) is 0 Å². The Bertz CT molecular complexity index is 1140. The number of nitrogens with zero attached hydrogens (tertiary/aromatic N) is 3. The zero-order valence-corrected chi connectivity index (χ0v) is 18.0. The molecule has 6 nitrogen and oxygen atoms in total. The fourth-order valence-electron chi connectivity index (χ4n) is 3.89. The van der Waals surface area contributed by atoms with Crippen LogP contribution in [0, 0.1) is 18.7 Å². The number of benzene rings is 1. The first-order valence-electron chi connectivity index (χ1n) is 10.1. The van der Waals surface area contributed by atoms with Crippen molar-refractivity contribution in [1.82, 2.24) is 9.38 Å². The summed E-state index contributed by atoms with van der Waals surface area (Å²) in [7, 11) is 0. The van der Waals surface area contributed by atoms with E-state index < -0.39 is 0 Å². The highest BCUT2D eigenvalue weighted by Gasteiger charge is 2.47. The number of fused-ring (bicyclic) bond motifs is 1. The third-order valence-corrected chi connectivity index (χ3v) is 6.42. The van der Waals surface area contributed by atoms with Gasteiger partial charge in [-0.05, 0) is 51.5 Å². The Labute approximate surface area is 177 Å². The van der Waals surface area contributed by atoms with Gasteiger partial charge in [-0.15, -0.1) is 11.3 Å². The average Bonchev–Trinajstić information content (AvgIpc) is 3.43. The van der Waals surface area contributed by atoms with Crippen molar-refractivity contribution in [2.45, 2.75) is 39.7 Å². The van der Waals surface area contributed by atoms with Crippen molar-refractivity contribution in [2.24, 2.45) is 5.92 Å². The predicted molar refractivity (Wildman–Crippen MR) is 115 cm³/mol. The van der Waals surface area contributed by atoms with E-state index in [0.29, 0.717) is 36.8 Å². The molecule has 1 saturated carbocycles. The number of carbonyl (C=O) groups excluding carboxylic acids is 1. The number of hydrogen-bond donors (Lipinski definition) is 0. The minimum Gasteiger partial charge on any atom is -0.466 e. The summed E-state index contributed by atoms with van der Waals surface area (Å²) in [6, 6.07) is 7.85. The number of anilines is 1. The lowest BCUT2D eigenvalue weighted by molar-refractivity contribution is -0.144. The second kappa shape index (κ2) is 8.18. The molecule has 0 aliphatic heterocycles. The van der Waals surface area contributed by atoms with Crippen LogP contribution in [0.4, 0.5) is 10.1 Å². The van der Waals surface area contributed by atoms with Crippen molar-refractivity contribution >= 4 is 28.0 Å². The highest BCUT2D eigenvalue weighted by atomic mass is 32.1. The standard InChI is InChI=1S/C22H24FN3O3S/c1-4-25(16-8-6-14(23)7-9-16)12-15-10-19(27)26-20(13(3)30-22(26)24-15)17-11-18(17)21(28)29-5-2/h6-10,17-18H,4-5,11-12H2,1-3H3. The lowest BCUT2D eigenvalue weighted by Gasteiger charge is -2.22. The number of aryl methyl sites for hydroxylation is 1. The summed E-state index contributed by atoms with van der Waals surface area (Å²) >= 11 is 1.47. The monoisotopic (exact) mass is 429 g/mol. The number of aromatic nitrogens is 2. The molecule has 0 N–H and O–H groups in total. The Kier molecular flexibility index (Phi) is 5.60. The highest BCUT2D eigenvalue weighted by Crippen LogP contribution is 2.50. The van der Waals surface area contributed by atoms with Gasteiger partial charge in [0.05, 0.1) is 24.8 Å². The minimum absolute atomic E-state index is 0.00880. The maximum absolute atomic E-state index is 13.2. The Morgan fingerprint density at radius 1 is 1.33 bits per heavy atom. The van der Waals surface area contributed by atoms with Crippen LogP contribution in [0.2, 0.25) is 0 Å². The van der Waals surface area contributed by atoms with Gasteiger partial charge < -0.3 is 9.64 Å². The summed E-state index contributed by atoms with van der Waals surface area (Å²) in [5, 5.41) is 0. The minimum atomic E-state index is -0.282. The van der Waals surface area contributed by atoms with E-state index in [4.69, 9.17) is 9.72 Å². The molecular weight excluding hydrogens is 405 g/mol. The normalized spacial score (nSPS) is 17.9. The molecule has 30 heavy (non-hydrogen) atoms. The Balaban J connectivity index is 1.63. The van der Waals surface area contributed by atoms with Gasteiger partial charge in [-0.2, -0.15) is 0 Å². The number of carbonyl (C=O) groups is 1. The van der Waals surface area contributed by atoms with Crippen molar-refractivity contribution in [3.05, 3.63) is 62.8 Å². The summed E-state index contributed by atoms with van der Waals surface area (Å²) in [6.45, 7) is 7.27. The van der Waals surface area contributed by atoms with Crippen LogP contribution in [-0.2, 0) is 16.1 Å². The first kappa shape index (κ1) is 20.5. The van der Waals surface area contributed by atoms with Gasteiger partial charge in [0.15, 0.2) is 4.96 Å². The first-order valence-corrected chi connectivity index (χ1v) is 10.9. The van der Waals surface area contributed by atoms with Crippen LogP contribution in [0.1, 0.15) is 42.5 Å². The topological polar surface area (TPSA) is 63.9 Å². The van der Waals surface area contributed by atoms with Crippen molar-refractivity contribution in [3.8, 4) is 0 Å². The van der Waals surface area contributed by atoms with Crippen LogP contribution >= 0.6 is 11.3 Å². The van der Waals surface area contributed by atoms with Gasteiger partial charge in [0, 0.05) is 34.8 Å². The molecule has 2 heterocycles. The molecule has 1 fully saturated rings. The smallest absolute Gasteiger partial charge is 0.309 e. The van der Waals surface area contributed by atoms with Crippen LogP contribution in [-0.4, -0.2) is 28.5 Å². The van der Waals surface area contributed by atoms with Gasteiger partial charge in [0.25, 0.3) is 5.56 Å². The van der Waals surface area contributed by atoms with Crippen molar-refractivity contribution in [2.75, 3.05) is 18.1 Å². The van der Waals surface area contributed by atoms with Gasteiger partial charge in [-0.25, -0.2) is 9.37 Å². The molecule has 0 spiro atoms. The summed E-state index contributed by atoms with van der Waals surface area (Å²) in [5.41, 5.74) is 2.28. The summed E-state index contributed by atoms with van der Waals surface area (Å²) in [6.07, 6.45) is 0.702. The third-order valence-electron chi connectivity index (χ3n) is 5.44. The van der Waals surface area contributed by atoms with E-state index in [2.05, 4.69) is 0 Å². The number of hydrogen-bond acceptors (Lipinski definition) is 6. The zero-order chi connectivity index (χ0) is 21.4. The average molecular weight is 430 g/mol. The van der Waals surface area contributed by atoms with Crippen LogP contribution < -0.4 is 10.5 Å². The number of halogens is 1. The first-order chi connectivity index (χ1) is 14.4. The number of esters is 1.